The lowest BCUT2D eigenvalue weighted by Gasteiger charge is -2.33. The summed E-state index contributed by atoms with van der Waals surface area (Å²) in [6.45, 7) is 0.0873. The molecule has 0 saturated heterocycles. The molecule has 1 unspecified atom stereocenters. The maximum absolute atomic E-state index is 13.1. The van der Waals surface area contributed by atoms with Crippen molar-refractivity contribution in [3.63, 3.8) is 0 Å². The molecule has 0 bridgehead atoms. The van der Waals surface area contributed by atoms with Gasteiger partial charge in [0.2, 0.25) is 5.69 Å². The molecule has 0 radical (unpaired) electrons. The summed E-state index contributed by atoms with van der Waals surface area (Å²) in [4.78, 5) is 13.4. The van der Waals surface area contributed by atoms with Crippen molar-refractivity contribution >= 4 is 29.1 Å². The van der Waals surface area contributed by atoms with Gasteiger partial charge in [-0.25, -0.2) is 0 Å². The molecule has 1 aliphatic rings. The lowest BCUT2D eigenvalue weighted by Crippen LogP contribution is -2.43. The highest BCUT2D eigenvalue weighted by Gasteiger charge is 2.50. The maximum Gasteiger partial charge on any atom is 0.256 e. The van der Waals surface area contributed by atoms with Crippen LogP contribution >= 0.6 is 23.2 Å². The highest BCUT2D eigenvalue weighted by Crippen LogP contribution is 2.48. The third kappa shape index (κ3) is 2.54. The number of carbonyl (C=O) groups is 1. The molecule has 0 N–H and O–H groups in total. The topological polar surface area (TPSA) is 47.2 Å². The fourth-order valence-corrected chi connectivity index (χ4v) is 3.85. The van der Waals surface area contributed by atoms with Crippen LogP contribution in [-0.4, -0.2) is 10.8 Å². The smallest absolute Gasteiger partial charge is 0.256 e. The number of nitrogens with zero attached hydrogens (tertiary/aromatic N) is 2. The standard InChI is InChI=1S/C20H14Cl2N2O2/c21-15-10-8-14(9-11-15)20(22)18-7-2-1-6-17(18)19(25)23(20)13-16-5-3-4-12-24(16)26/h1-12H,13H2. The summed E-state index contributed by atoms with van der Waals surface area (Å²) in [5, 5.41) is 12.7. The van der Waals surface area contributed by atoms with Gasteiger partial charge in [0.1, 0.15) is 6.54 Å². The Kier molecular flexibility index (Phi) is 4.10. The summed E-state index contributed by atoms with van der Waals surface area (Å²) < 4.78 is 0.745. The minimum Gasteiger partial charge on any atom is -0.618 e. The number of carbonyl (C=O) groups excluding carboxylic acids is 1. The number of fused-ring (bicyclic) bond motifs is 1. The second-order valence-corrected chi connectivity index (χ2v) is 7.07. The molecule has 3 aromatic rings. The molecule has 1 atom stereocenters. The number of amides is 1. The Morgan fingerprint density at radius 1 is 1.00 bits per heavy atom. The lowest BCUT2D eigenvalue weighted by atomic mass is 9.97. The van der Waals surface area contributed by atoms with Gasteiger partial charge in [0.25, 0.3) is 5.91 Å². The molecular formula is C20H14Cl2N2O2. The van der Waals surface area contributed by atoms with E-state index >= 15 is 0 Å². The summed E-state index contributed by atoms with van der Waals surface area (Å²) in [5.41, 5.74) is 2.39. The van der Waals surface area contributed by atoms with Crippen molar-refractivity contribution in [2.24, 2.45) is 0 Å². The Balaban J connectivity index is 1.87. The fourth-order valence-electron chi connectivity index (χ4n) is 3.30. The first-order valence-electron chi connectivity index (χ1n) is 8.05. The number of benzene rings is 2. The summed E-state index contributed by atoms with van der Waals surface area (Å²) in [5.74, 6) is -0.214. The number of aromatic nitrogens is 1. The Morgan fingerprint density at radius 3 is 2.42 bits per heavy atom. The molecule has 0 aliphatic carbocycles. The minimum absolute atomic E-state index is 0.0873. The second-order valence-electron chi connectivity index (χ2n) is 6.08. The first-order valence-corrected chi connectivity index (χ1v) is 8.81. The van der Waals surface area contributed by atoms with E-state index in [9.17, 15) is 10.0 Å². The molecule has 6 heteroatoms. The monoisotopic (exact) mass is 384 g/mol. The van der Waals surface area contributed by atoms with Crippen molar-refractivity contribution in [3.8, 4) is 0 Å². The molecule has 0 fully saturated rings. The third-order valence-corrected chi connectivity index (χ3v) is 5.46. The number of hydrogen-bond donors (Lipinski definition) is 0. The molecule has 0 spiro atoms. The number of hydrogen-bond acceptors (Lipinski definition) is 2. The van der Waals surface area contributed by atoms with Crippen LogP contribution in [0.15, 0.2) is 72.9 Å². The zero-order chi connectivity index (χ0) is 18.3. The second kappa shape index (κ2) is 6.31. The van der Waals surface area contributed by atoms with E-state index in [1.165, 1.54) is 11.1 Å². The van der Waals surface area contributed by atoms with Gasteiger partial charge in [-0.15, -0.1) is 0 Å². The van der Waals surface area contributed by atoms with Crippen LogP contribution < -0.4 is 4.73 Å². The van der Waals surface area contributed by atoms with Crippen molar-refractivity contribution < 1.29 is 9.52 Å². The largest absolute Gasteiger partial charge is 0.618 e. The van der Waals surface area contributed by atoms with E-state index in [1.807, 2.05) is 12.1 Å². The zero-order valence-electron chi connectivity index (χ0n) is 13.6. The van der Waals surface area contributed by atoms with Crippen LogP contribution in [0.2, 0.25) is 5.02 Å². The van der Waals surface area contributed by atoms with Gasteiger partial charge in [-0.1, -0.05) is 53.5 Å². The molecule has 1 aromatic heterocycles. The maximum atomic E-state index is 13.1. The van der Waals surface area contributed by atoms with Gasteiger partial charge >= 0.3 is 0 Å². The van der Waals surface area contributed by atoms with E-state index in [2.05, 4.69) is 0 Å². The number of halogens is 2. The predicted octanol–water partition coefficient (Wildman–Crippen LogP) is 4.07. The molecular weight excluding hydrogens is 371 g/mol. The molecule has 130 valence electrons. The van der Waals surface area contributed by atoms with Gasteiger partial charge in [-0.2, -0.15) is 4.73 Å². The molecule has 2 aromatic carbocycles. The molecule has 4 rings (SSSR count). The van der Waals surface area contributed by atoms with Crippen LogP contribution in [0.1, 0.15) is 27.2 Å². The molecule has 1 amide bonds. The van der Waals surface area contributed by atoms with E-state index < -0.39 is 5.00 Å². The Labute approximate surface area is 160 Å². The van der Waals surface area contributed by atoms with Crippen LogP contribution in [-0.2, 0) is 11.5 Å². The lowest BCUT2D eigenvalue weighted by molar-refractivity contribution is -0.615. The third-order valence-electron chi connectivity index (χ3n) is 4.58. The zero-order valence-corrected chi connectivity index (χ0v) is 15.1. The van der Waals surface area contributed by atoms with E-state index in [0.29, 0.717) is 21.8 Å². The molecule has 2 heterocycles. The Hall–Kier alpha value is -2.56. The van der Waals surface area contributed by atoms with E-state index in [-0.39, 0.29) is 12.5 Å². The molecule has 26 heavy (non-hydrogen) atoms. The first kappa shape index (κ1) is 16.9. The van der Waals surface area contributed by atoms with E-state index in [1.54, 1.807) is 54.6 Å². The van der Waals surface area contributed by atoms with Crippen LogP contribution in [0.5, 0.6) is 0 Å². The average molecular weight is 385 g/mol. The molecule has 1 aliphatic heterocycles. The summed E-state index contributed by atoms with van der Waals surface area (Å²) in [6.07, 6.45) is 1.40. The predicted molar refractivity (Wildman–Crippen MR) is 99.8 cm³/mol. The van der Waals surface area contributed by atoms with Crippen molar-refractivity contribution in [3.05, 3.63) is 106 Å². The summed E-state index contributed by atoms with van der Waals surface area (Å²) >= 11 is 13.1. The van der Waals surface area contributed by atoms with Crippen molar-refractivity contribution in [1.82, 2.24) is 4.90 Å². The van der Waals surface area contributed by atoms with Gasteiger partial charge in [0.15, 0.2) is 11.2 Å². The van der Waals surface area contributed by atoms with Gasteiger partial charge in [0, 0.05) is 28.3 Å². The van der Waals surface area contributed by atoms with E-state index in [0.717, 1.165) is 10.3 Å². The normalized spacial score (nSPS) is 18.8. The van der Waals surface area contributed by atoms with Gasteiger partial charge in [0.05, 0.1) is 0 Å². The Morgan fingerprint density at radius 2 is 1.69 bits per heavy atom. The van der Waals surface area contributed by atoms with Crippen LogP contribution in [0.25, 0.3) is 0 Å². The highest BCUT2D eigenvalue weighted by molar-refractivity contribution is 6.31. The molecule has 0 saturated carbocycles. The van der Waals surface area contributed by atoms with Crippen LogP contribution in [0, 0.1) is 5.21 Å². The van der Waals surface area contributed by atoms with Crippen LogP contribution in [0.4, 0.5) is 0 Å². The molecule has 4 nitrogen and oxygen atoms in total. The first-order chi connectivity index (χ1) is 12.5. The average Bonchev–Trinajstić information content (AvgIpc) is 2.87. The summed E-state index contributed by atoms with van der Waals surface area (Å²) in [6, 6.07) is 19.4. The SMILES string of the molecule is O=C1c2ccccc2C(Cl)(c2ccc(Cl)cc2)N1Cc1cccc[n+]1[O-]. The van der Waals surface area contributed by atoms with Gasteiger partial charge in [-0.05, 0) is 29.8 Å². The van der Waals surface area contributed by atoms with Crippen molar-refractivity contribution in [2.45, 2.75) is 11.5 Å². The van der Waals surface area contributed by atoms with E-state index in [4.69, 9.17) is 23.2 Å². The van der Waals surface area contributed by atoms with Crippen LogP contribution in [0.3, 0.4) is 0 Å². The summed E-state index contributed by atoms with van der Waals surface area (Å²) in [7, 11) is 0. The van der Waals surface area contributed by atoms with Crippen molar-refractivity contribution in [2.75, 3.05) is 0 Å². The van der Waals surface area contributed by atoms with Gasteiger partial charge in [-0.3, -0.25) is 4.79 Å². The Bertz CT molecular complexity index is 991. The minimum atomic E-state index is -1.21. The van der Waals surface area contributed by atoms with Gasteiger partial charge < -0.3 is 10.1 Å². The fraction of sp³-hybridized carbons (Fsp3) is 0.100. The number of alkyl halides is 1. The van der Waals surface area contributed by atoms with Crippen molar-refractivity contribution in [1.29, 1.82) is 0 Å². The quantitative estimate of drug-likeness (QED) is 0.295. The highest BCUT2D eigenvalue weighted by atomic mass is 35.5. The number of rotatable bonds is 3. The number of pyridine rings is 1.